The Morgan fingerprint density at radius 1 is 1.00 bits per heavy atom. The monoisotopic (exact) mass is 326 g/mol. The first-order valence-electron chi connectivity index (χ1n) is 5.47. The van der Waals surface area contributed by atoms with Gasteiger partial charge >= 0.3 is 0 Å². The highest BCUT2D eigenvalue weighted by molar-refractivity contribution is 7.71. The maximum absolute atomic E-state index is 6.07. The Kier molecular flexibility index (Phi) is 3.50. The van der Waals surface area contributed by atoms with E-state index in [1.165, 1.54) is 0 Å². The summed E-state index contributed by atoms with van der Waals surface area (Å²) in [7, 11) is 0. The Labute approximate surface area is 129 Å². The number of rotatable bonds is 2. The summed E-state index contributed by atoms with van der Waals surface area (Å²) in [6, 6.07) is 9.57. The number of thiophene rings is 1. The Morgan fingerprint density at radius 2 is 1.79 bits per heavy atom. The minimum absolute atomic E-state index is 0.525. The van der Waals surface area contributed by atoms with E-state index in [9.17, 15) is 0 Å². The highest BCUT2D eigenvalue weighted by atomic mass is 35.5. The lowest BCUT2D eigenvalue weighted by atomic mass is 10.1. The van der Waals surface area contributed by atoms with E-state index in [2.05, 4.69) is 9.97 Å². The van der Waals surface area contributed by atoms with Crippen LogP contribution in [-0.2, 0) is 0 Å². The Hall–Kier alpha value is -1.07. The topological polar surface area (TPSA) is 31.6 Å². The fourth-order valence-corrected chi connectivity index (χ4v) is 3.09. The van der Waals surface area contributed by atoms with Crippen molar-refractivity contribution in [3.05, 3.63) is 50.5 Å². The van der Waals surface area contributed by atoms with Crippen molar-refractivity contribution in [3.8, 4) is 21.8 Å². The highest BCUT2D eigenvalue weighted by Gasteiger charge is 2.12. The van der Waals surface area contributed by atoms with E-state index in [0.717, 1.165) is 21.8 Å². The molecule has 3 rings (SSSR count). The molecule has 19 heavy (non-hydrogen) atoms. The molecule has 2 nitrogen and oxygen atoms in total. The summed E-state index contributed by atoms with van der Waals surface area (Å²) in [4.78, 5) is 7.45. The number of aromatic nitrogens is 2. The summed E-state index contributed by atoms with van der Waals surface area (Å²) in [5, 5.41) is 3.09. The van der Waals surface area contributed by atoms with Crippen LogP contribution in [0.15, 0.2) is 35.7 Å². The molecule has 0 aliphatic rings. The number of benzene rings is 1. The molecule has 96 valence electrons. The molecular weight excluding hydrogens is 319 g/mol. The van der Waals surface area contributed by atoms with E-state index in [0.29, 0.717) is 14.8 Å². The molecule has 0 spiro atoms. The quantitative estimate of drug-likeness (QED) is 0.575. The van der Waals surface area contributed by atoms with E-state index in [-0.39, 0.29) is 0 Å². The molecule has 0 saturated carbocycles. The molecule has 2 heterocycles. The van der Waals surface area contributed by atoms with E-state index in [1.807, 2.05) is 29.6 Å². The molecule has 1 aromatic carbocycles. The lowest BCUT2D eigenvalue weighted by molar-refractivity contribution is 1.27. The van der Waals surface area contributed by atoms with Gasteiger partial charge in [-0.25, -0.2) is 0 Å². The van der Waals surface area contributed by atoms with E-state index in [4.69, 9.17) is 35.4 Å². The van der Waals surface area contributed by atoms with Crippen molar-refractivity contribution in [1.82, 2.24) is 9.97 Å². The summed E-state index contributed by atoms with van der Waals surface area (Å²) in [5.74, 6) is 0. The van der Waals surface area contributed by atoms with Crippen molar-refractivity contribution in [2.24, 2.45) is 0 Å². The van der Waals surface area contributed by atoms with Gasteiger partial charge in [-0.05, 0) is 35.8 Å². The zero-order valence-electron chi connectivity index (χ0n) is 9.54. The third kappa shape index (κ3) is 2.49. The van der Waals surface area contributed by atoms with Gasteiger partial charge in [0, 0.05) is 5.56 Å². The number of hydrogen-bond donors (Lipinski definition) is 2. The van der Waals surface area contributed by atoms with E-state index >= 15 is 0 Å². The van der Waals surface area contributed by atoms with Crippen LogP contribution in [0.3, 0.4) is 0 Å². The van der Waals surface area contributed by atoms with Crippen molar-refractivity contribution in [3.63, 3.8) is 0 Å². The normalized spacial score (nSPS) is 10.8. The van der Waals surface area contributed by atoms with Crippen molar-refractivity contribution in [1.29, 1.82) is 0 Å². The van der Waals surface area contributed by atoms with Crippen molar-refractivity contribution in [2.75, 3.05) is 0 Å². The largest absolute Gasteiger partial charge is 0.330 e. The van der Waals surface area contributed by atoms with Crippen LogP contribution in [0.25, 0.3) is 21.8 Å². The van der Waals surface area contributed by atoms with Crippen molar-refractivity contribution in [2.45, 2.75) is 0 Å². The lowest BCUT2D eigenvalue weighted by Gasteiger charge is -2.03. The Bertz CT molecular complexity index is 772. The molecule has 3 aromatic rings. The molecule has 0 amide bonds. The van der Waals surface area contributed by atoms with Gasteiger partial charge in [0.2, 0.25) is 0 Å². The fraction of sp³-hybridized carbons (Fsp3) is 0. The van der Waals surface area contributed by atoms with Crippen LogP contribution < -0.4 is 0 Å². The van der Waals surface area contributed by atoms with Crippen molar-refractivity contribution < 1.29 is 0 Å². The number of aromatic amines is 2. The first-order chi connectivity index (χ1) is 9.15. The minimum Gasteiger partial charge on any atom is -0.330 e. The molecule has 2 aromatic heterocycles. The molecule has 0 saturated heterocycles. The molecule has 0 aliphatic heterocycles. The SMILES string of the molecule is S=c1[nH]c(-c2ccc(Cl)c(Cl)c2)c(-c2cccs2)[nH]1. The van der Waals surface area contributed by atoms with Gasteiger partial charge in [-0.2, -0.15) is 0 Å². The van der Waals surface area contributed by atoms with Gasteiger partial charge in [0.1, 0.15) is 0 Å². The zero-order chi connectivity index (χ0) is 13.4. The molecule has 0 aliphatic carbocycles. The van der Waals surface area contributed by atoms with Gasteiger partial charge < -0.3 is 9.97 Å². The van der Waals surface area contributed by atoms with Gasteiger partial charge in [-0.1, -0.05) is 35.3 Å². The maximum atomic E-state index is 6.07. The number of hydrogen-bond acceptors (Lipinski definition) is 2. The van der Waals surface area contributed by atoms with E-state index in [1.54, 1.807) is 17.4 Å². The molecular formula is C13H8Cl2N2S2. The third-order valence-corrected chi connectivity index (χ3v) is 4.53. The zero-order valence-corrected chi connectivity index (χ0v) is 12.7. The van der Waals surface area contributed by atoms with Gasteiger partial charge in [0.05, 0.1) is 26.3 Å². The predicted molar refractivity (Wildman–Crippen MR) is 84.7 cm³/mol. The van der Waals surface area contributed by atoms with E-state index < -0.39 is 0 Å². The first kappa shape index (κ1) is 12.9. The standard InChI is InChI=1S/C13H8Cl2N2S2/c14-8-4-3-7(6-9(8)15)11-12(17-13(18)16-11)10-2-1-5-19-10/h1-6H,(H2,16,17,18). The minimum atomic E-state index is 0.525. The number of H-pyrrole nitrogens is 2. The van der Waals surface area contributed by atoms with Crippen LogP contribution in [0.5, 0.6) is 0 Å². The molecule has 0 unspecified atom stereocenters. The average Bonchev–Trinajstić information content (AvgIpc) is 3.01. The molecule has 0 fully saturated rings. The fourth-order valence-electron chi connectivity index (χ4n) is 1.86. The van der Waals surface area contributed by atoms with Crippen LogP contribution in [0.2, 0.25) is 10.0 Å². The summed E-state index contributed by atoms with van der Waals surface area (Å²) in [5.41, 5.74) is 2.84. The van der Waals surface area contributed by atoms with Crippen LogP contribution in [0.4, 0.5) is 0 Å². The molecule has 6 heteroatoms. The van der Waals surface area contributed by atoms with Crippen molar-refractivity contribution >= 4 is 46.8 Å². The summed E-state index contributed by atoms with van der Waals surface area (Å²) >= 11 is 18.8. The number of halogens is 2. The average molecular weight is 327 g/mol. The molecule has 0 atom stereocenters. The van der Waals surface area contributed by atoms with Gasteiger partial charge in [0.15, 0.2) is 4.77 Å². The highest BCUT2D eigenvalue weighted by Crippen LogP contribution is 2.34. The molecule has 0 radical (unpaired) electrons. The summed E-state index contributed by atoms with van der Waals surface area (Å²) in [6.07, 6.45) is 0. The molecule has 0 bridgehead atoms. The summed E-state index contributed by atoms with van der Waals surface area (Å²) in [6.45, 7) is 0. The van der Waals surface area contributed by atoms with Crippen LogP contribution >= 0.6 is 46.8 Å². The second-order valence-electron chi connectivity index (χ2n) is 3.94. The number of nitrogens with one attached hydrogen (secondary N) is 2. The van der Waals surface area contributed by atoms with Gasteiger partial charge in [0.25, 0.3) is 0 Å². The van der Waals surface area contributed by atoms with Crippen LogP contribution in [0, 0.1) is 4.77 Å². The van der Waals surface area contributed by atoms with Gasteiger partial charge in [-0.3, -0.25) is 0 Å². The van der Waals surface area contributed by atoms with Crippen LogP contribution in [-0.4, -0.2) is 9.97 Å². The smallest absolute Gasteiger partial charge is 0.175 e. The maximum Gasteiger partial charge on any atom is 0.175 e. The lowest BCUT2D eigenvalue weighted by Crippen LogP contribution is -1.82. The summed E-state index contributed by atoms with van der Waals surface area (Å²) < 4.78 is 0.587. The Morgan fingerprint density at radius 3 is 2.47 bits per heavy atom. The Balaban J connectivity index is 2.20. The second kappa shape index (κ2) is 5.13. The van der Waals surface area contributed by atoms with Crippen LogP contribution in [0.1, 0.15) is 0 Å². The first-order valence-corrected chi connectivity index (χ1v) is 7.51. The second-order valence-corrected chi connectivity index (χ2v) is 6.11. The third-order valence-electron chi connectivity index (χ3n) is 2.70. The predicted octanol–water partition coefficient (Wildman–Crippen LogP) is 5.77. The number of imidazole rings is 1. The van der Waals surface area contributed by atoms with Gasteiger partial charge in [-0.15, -0.1) is 11.3 Å². The molecule has 2 N–H and O–H groups in total.